The topological polar surface area (TPSA) is 55.5 Å². The molecular weight excluding hydrogens is 323 g/mol. The van der Waals surface area contributed by atoms with Gasteiger partial charge in [0.05, 0.1) is 6.10 Å². The lowest BCUT2D eigenvalue weighted by molar-refractivity contribution is -0.146. The summed E-state index contributed by atoms with van der Waals surface area (Å²) in [5.41, 5.74) is -0.0407. The molecule has 9 heteroatoms. The van der Waals surface area contributed by atoms with Gasteiger partial charge in [-0.1, -0.05) is 13.8 Å². The third kappa shape index (κ3) is 2.60. The highest BCUT2D eigenvalue weighted by Crippen LogP contribution is 2.46. The first-order chi connectivity index (χ1) is 11.2. The Labute approximate surface area is 137 Å². The van der Waals surface area contributed by atoms with E-state index in [-0.39, 0.29) is 23.2 Å². The number of fused-ring (bicyclic) bond motifs is 1. The molecule has 1 saturated carbocycles. The van der Waals surface area contributed by atoms with Gasteiger partial charge in [-0.25, -0.2) is 0 Å². The smallest absolute Gasteiger partial charge is 0.378 e. The zero-order chi connectivity index (χ0) is 17.7. The molecule has 2 aromatic rings. The van der Waals surface area contributed by atoms with Gasteiger partial charge in [0.2, 0.25) is 0 Å². The fourth-order valence-corrected chi connectivity index (χ4v) is 3.31. The molecule has 2 heterocycles. The predicted molar refractivity (Wildman–Crippen MR) is 81.8 cm³/mol. The first-order valence-corrected chi connectivity index (χ1v) is 7.80. The van der Waals surface area contributed by atoms with Crippen LogP contribution in [-0.4, -0.2) is 45.6 Å². The Morgan fingerprint density at radius 3 is 2.62 bits per heavy atom. The first-order valence-electron chi connectivity index (χ1n) is 7.80. The molecule has 0 amide bonds. The lowest BCUT2D eigenvalue weighted by Crippen LogP contribution is -2.61. The molecule has 1 fully saturated rings. The summed E-state index contributed by atoms with van der Waals surface area (Å²) in [6.45, 7) is 6.78. The van der Waals surface area contributed by atoms with Crippen LogP contribution in [0.5, 0.6) is 0 Å². The van der Waals surface area contributed by atoms with Gasteiger partial charge in [-0.2, -0.15) is 17.7 Å². The highest BCUT2D eigenvalue weighted by Gasteiger charge is 2.51. The molecule has 0 spiro atoms. The average Bonchev–Trinajstić information content (AvgIpc) is 2.93. The molecule has 2 atom stereocenters. The third-order valence-electron chi connectivity index (χ3n) is 4.83. The van der Waals surface area contributed by atoms with E-state index >= 15 is 0 Å². The minimum atomic E-state index is -4.60. The minimum absolute atomic E-state index is 0.0690. The Morgan fingerprint density at radius 1 is 1.33 bits per heavy atom. The summed E-state index contributed by atoms with van der Waals surface area (Å²) in [4.78, 5) is 1.90. The Morgan fingerprint density at radius 2 is 2.04 bits per heavy atom. The maximum Gasteiger partial charge on any atom is 0.453 e. The van der Waals surface area contributed by atoms with E-state index in [4.69, 9.17) is 4.74 Å². The van der Waals surface area contributed by atoms with Crippen LogP contribution in [-0.2, 0) is 10.9 Å². The average molecular weight is 343 g/mol. The fraction of sp³-hybridized carbons (Fsp3) is 0.667. The molecule has 2 aromatic heterocycles. The van der Waals surface area contributed by atoms with E-state index < -0.39 is 12.0 Å². The number of ether oxygens (including phenoxy) is 1. The lowest BCUT2D eigenvalue weighted by atomic mass is 9.64. The molecule has 0 N–H and O–H groups in total. The van der Waals surface area contributed by atoms with E-state index in [2.05, 4.69) is 29.1 Å². The molecule has 1 aliphatic rings. The van der Waals surface area contributed by atoms with E-state index in [1.54, 1.807) is 6.07 Å². The summed E-state index contributed by atoms with van der Waals surface area (Å²) >= 11 is 0. The standard InChI is InChI=1S/C15H20F3N5O/c1-5-24-10-8-9(14(10,2)3)22(4)12-7-6-11-19-20-13(15(16,17)18)23(11)21-12/h6-7,9-10H,5,8H2,1-4H3. The second kappa shape index (κ2) is 5.58. The Balaban J connectivity index is 1.90. The van der Waals surface area contributed by atoms with Crippen LogP contribution in [0.3, 0.4) is 0 Å². The summed E-state index contributed by atoms with van der Waals surface area (Å²) < 4.78 is 45.4. The molecule has 132 valence electrons. The molecule has 0 radical (unpaired) electrons. The monoisotopic (exact) mass is 343 g/mol. The van der Waals surface area contributed by atoms with Crippen LogP contribution in [0.1, 0.15) is 33.0 Å². The highest BCUT2D eigenvalue weighted by molar-refractivity contribution is 5.47. The van der Waals surface area contributed by atoms with Gasteiger partial charge in [0.15, 0.2) is 5.65 Å². The molecule has 6 nitrogen and oxygen atoms in total. The van der Waals surface area contributed by atoms with Crippen molar-refractivity contribution < 1.29 is 17.9 Å². The maximum absolute atomic E-state index is 13.0. The van der Waals surface area contributed by atoms with Crippen molar-refractivity contribution in [2.75, 3.05) is 18.6 Å². The normalized spacial score (nSPS) is 23.3. The second-order valence-corrected chi connectivity index (χ2v) is 6.61. The van der Waals surface area contributed by atoms with Crippen molar-refractivity contribution in [3.8, 4) is 0 Å². The summed E-state index contributed by atoms with van der Waals surface area (Å²) in [6, 6.07) is 3.28. The predicted octanol–water partition coefficient (Wildman–Crippen LogP) is 2.78. The zero-order valence-corrected chi connectivity index (χ0v) is 14.0. The quantitative estimate of drug-likeness (QED) is 0.854. The van der Waals surface area contributed by atoms with Crippen LogP contribution in [0, 0.1) is 5.41 Å². The fourth-order valence-electron chi connectivity index (χ4n) is 3.31. The number of hydrogen-bond donors (Lipinski definition) is 0. The lowest BCUT2D eigenvalue weighted by Gasteiger charge is -2.55. The van der Waals surface area contributed by atoms with Gasteiger partial charge >= 0.3 is 6.18 Å². The first kappa shape index (κ1) is 16.9. The molecule has 2 unspecified atom stereocenters. The highest BCUT2D eigenvalue weighted by atomic mass is 19.4. The van der Waals surface area contributed by atoms with Crippen molar-refractivity contribution in [3.05, 3.63) is 18.0 Å². The van der Waals surface area contributed by atoms with E-state index in [0.717, 1.165) is 10.9 Å². The number of nitrogens with zero attached hydrogens (tertiary/aromatic N) is 5. The molecule has 0 aromatic carbocycles. The van der Waals surface area contributed by atoms with E-state index in [1.807, 2.05) is 18.9 Å². The summed E-state index contributed by atoms with van der Waals surface area (Å²) in [5, 5.41) is 10.8. The number of anilines is 1. The van der Waals surface area contributed by atoms with Crippen LogP contribution in [0.4, 0.5) is 19.0 Å². The van der Waals surface area contributed by atoms with Crippen molar-refractivity contribution in [3.63, 3.8) is 0 Å². The minimum Gasteiger partial charge on any atom is -0.378 e. The van der Waals surface area contributed by atoms with Gasteiger partial charge in [0, 0.05) is 25.1 Å². The third-order valence-corrected chi connectivity index (χ3v) is 4.83. The van der Waals surface area contributed by atoms with Crippen LogP contribution in [0.25, 0.3) is 5.65 Å². The van der Waals surface area contributed by atoms with Gasteiger partial charge in [0.25, 0.3) is 5.82 Å². The second-order valence-electron chi connectivity index (χ2n) is 6.61. The van der Waals surface area contributed by atoms with Gasteiger partial charge in [0.1, 0.15) is 5.82 Å². The SMILES string of the molecule is CCOC1CC(N(C)c2ccc3nnc(C(F)(F)F)n3n2)C1(C)C. The zero-order valence-electron chi connectivity index (χ0n) is 14.0. The molecule has 0 saturated heterocycles. The Kier molecular flexibility index (Phi) is 3.94. The number of hydrogen-bond acceptors (Lipinski definition) is 5. The van der Waals surface area contributed by atoms with E-state index in [1.165, 1.54) is 6.07 Å². The number of alkyl halides is 3. The van der Waals surface area contributed by atoms with Gasteiger partial charge < -0.3 is 9.64 Å². The van der Waals surface area contributed by atoms with Crippen molar-refractivity contribution in [1.82, 2.24) is 19.8 Å². The maximum atomic E-state index is 13.0. The summed E-state index contributed by atoms with van der Waals surface area (Å²) in [6.07, 6.45) is -3.65. The molecule has 0 bridgehead atoms. The number of rotatable bonds is 4. The van der Waals surface area contributed by atoms with Crippen molar-refractivity contribution >= 4 is 11.5 Å². The molecular formula is C15H20F3N5O. The van der Waals surface area contributed by atoms with Crippen LogP contribution < -0.4 is 4.90 Å². The largest absolute Gasteiger partial charge is 0.453 e. The van der Waals surface area contributed by atoms with E-state index in [9.17, 15) is 13.2 Å². The van der Waals surface area contributed by atoms with E-state index in [0.29, 0.717) is 12.4 Å². The summed E-state index contributed by atoms with van der Waals surface area (Å²) in [5.74, 6) is -0.673. The molecule has 24 heavy (non-hydrogen) atoms. The molecule has 1 aliphatic carbocycles. The summed E-state index contributed by atoms with van der Waals surface area (Å²) in [7, 11) is 1.83. The van der Waals surface area contributed by atoms with Crippen LogP contribution in [0.15, 0.2) is 12.1 Å². The number of aromatic nitrogens is 4. The Hall–Kier alpha value is -1.90. The van der Waals surface area contributed by atoms with Crippen LogP contribution in [0.2, 0.25) is 0 Å². The van der Waals surface area contributed by atoms with Crippen LogP contribution >= 0.6 is 0 Å². The van der Waals surface area contributed by atoms with Crippen molar-refractivity contribution in [2.45, 2.75) is 45.5 Å². The number of halogens is 3. The van der Waals surface area contributed by atoms with Gasteiger partial charge in [-0.15, -0.1) is 15.3 Å². The molecule has 0 aliphatic heterocycles. The van der Waals surface area contributed by atoms with Crippen molar-refractivity contribution in [2.24, 2.45) is 5.41 Å². The van der Waals surface area contributed by atoms with Gasteiger partial charge in [-0.3, -0.25) is 0 Å². The van der Waals surface area contributed by atoms with Gasteiger partial charge in [-0.05, 0) is 25.5 Å². The molecule has 3 rings (SSSR count). The Bertz CT molecular complexity index is 742. The van der Waals surface area contributed by atoms with Crippen molar-refractivity contribution in [1.29, 1.82) is 0 Å².